The maximum absolute atomic E-state index is 14.2. The Morgan fingerprint density at radius 2 is 1.81 bits per heavy atom. The number of rotatable bonds is 6. The minimum Gasteiger partial charge on any atom is -0.424 e. The van der Waals surface area contributed by atoms with Crippen LogP contribution in [0.15, 0.2) is 54.7 Å². The molecule has 3 heterocycles. The Morgan fingerprint density at radius 1 is 1.03 bits per heavy atom. The molecule has 0 atom stereocenters. The van der Waals surface area contributed by atoms with Gasteiger partial charge in [0.15, 0.2) is 11.4 Å². The van der Waals surface area contributed by atoms with Crippen LogP contribution in [0.5, 0.6) is 5.75 Å². The summed E-state index contributed by atoms with van der Waals surface area (Å²) in [5.41, 5.74) is 3.82. The molecule has 0 saturated carbocycles. The average Bonchev–Trinajstić information content (AvgIpc) is 3.36. The molecule has 0 bridgehead atoms. The lowest BCUT2D eigenvalue weighted by atomic mass is 10.1. The molecule has 0 aliphatic rings. The summed E-state index contributed by atoms with van der Waals surface area (Å²) in [5, 5.41) is 0.689. The third-order valence-corrected chi connectivity index (χ3v) is 5.70. The molecular formula is C25H23FN4O2. The van der Waals surface area contributed by atoms with E-state index in [-0.39, 0.29) is 18.2 Å². The zero-order valence-electron chi connectivity index (χ0n) is 18.0. The molecule has 0 spiro atoms. The number of hydrogen-bond acceptors (Lipinski definition) is 4. The van der Waals surface area contributed by atoms with Crippen LogP contribution in [-0.4, -0.2) is 24.9 Å². The van der Waals surface area contributed by atoms with Crippen molar-refractivity contribution in [2.75, 3.05) is 0 Å². The van der Waals surface area contributed by atoms with Crippen molar-refractivity contribution >= 4 is 33.7 Å². The molecule has 5 rings (SSSR count). The van der Waals surface area contributed by atoms with E-state index in [4.69, 9.17) is 14.7 Å². The second-order valence-corrected chi connectivity index (χ2v) is 7.70. The van der Waals surface area contributed by atoms with Gasteiger partial charge in [0.1, 0.15) is 22.7 Å². The van der Waals surface area contributed by atoms with Crippen molar-refractivity contribution in [3.05, 3.63) is 71.9 Å². The molecule has 32 heavy (non-hydrogen) atoms. The predicted molar refractivity (Wildman–Crippen MR) is 121 cm³/mol. The van der Waals surface area contributed by atoms with E-state index in [1.54, 1.807) is 25.3 Å². The first kappa shape index (κ1) is 20.2. The van der Waals surface area contributed by atoms with E-state index in [2.05, 4.69) is 0 Å². The topological polar surface area (TPSA) is 61.4 Å². The van der Waals surface area contributed by atoms with E-state index in [1.807, 2.05) is 46.2 Å². The Kier molecular flexibility index (Phi) is 5.09. The second-order valence-electron chi connectivity index (χ2n) is 7.70. The minimum atomic E-state index is -0.327. The molecule has 5 aromatic rings. The van der Waals surface area contributed by atoms with Crippen LogP contribution in [0.25, 0.3) is 27.7 Å². The Bertz CT molecular complexity index is 1470. The van der Waals surface area contributed by atoms with E-state index >= 15 is 0 Å². The molecule has 0 aliphatic carbocycles. The molecule has 6 nitrogen and oxygen atoms in total. The predicted octanol–water partition coefficient (Wildman–Crippen LogP) is 5.10. The zero-order valence-corrected chi connectivity index (χ0v) is 18.0. The number of halogens is 1. The Labute approximate surface area is 184 Å². The van der Waals surface area contributed by atoms with Crippen LogP contribution in [0.2, 0.25) is 0 Å². The summed E-state index contributed by atoms with van der Waals surface area (Å²) >= 11 is 0. The number of fused-ring (bicyclic) bond motifs is 5. The lowest BCUT2D eigenvalue weighted by Crippen LogP contribution is -2.06. The Balaban J connectivity index is 1.73. The van der Waals surface area contributed by atoms with Gasteiger partial charge in [-0.2, -0.15) is 0 Å². The second kappa shape index (κ2) is 8.07. The molecule has 0 fully saturated rings. The molecule has 3 aromatic heterocycles. The number of imidazole rings is 1. The van der Waals surface area contributed by atoms with E-state index in [9.17, 15) is 9.18 Å². The van der Waals surface area contributed by atoms with Gasteiger partial charge >= 0.3 is 5.97 Å². The summed E-state index contributed by atoms with van der Waals surface area (Å²) in [5.74, 6) is 0.730. The monoisotopic (exact) mass is 430 g/mol. The molecule has 2 aromatic carbocycles. The number of benzene rings is 2. The van der Waals surface area contributed by atoms with Crippen LogP contribution in [0, 0.1) is 5.82 Å². The van der Waals surface area contributed by atoms with Gasteiger partial charge in [-0.05, 0) is 30.2 Å². The summed E-state index contributed by atoms with van der Waals surface area (Å²) in [7, 11) is 0. The van der Waals surface area contributed by atoms with Crippen molar-refractivity contribution in [3.8, 4) is 5.75 Å². The van der Waals surface area contributed by atoms with Gasteiger partial charge in [0, 0.05) is 25.6 Å². The lowest BCUT2D eigenvalue weighted by Gasteiger charge is -2.09. The summed E-state index contributed by atoms with van der Waals surface area (Å²) in [6, 6.07) is 14.6. The van der Waals surface area contributed by atoms with Crippen LogP contribution < -0.4 is 4.74 Å². The summed E-state index contributed by atoms with van der Waals surface area (Å²) in [6.45, 7) is 4.30. The molecule has 0 unspecified atom stereocenters. The van der Waals surface area contributed by atoms with Gasteiger partial charge in [0.05, 0.1) is 11.0 Å². The smallest absolute Gasteiger partial charge is 0.310 e. The fourth-order valence-corrected chi connectivity index (χ4v) is 4.10. The van der Waals surface area contributed by atoms with Gasteiger partial charge < -0.3 is 9.30 Å². The molecule has 162 valence electrons. The van der Waals surface area contributed by atoms with Crippen molar-refractivity contribution < 1.29 is 13.9 Å². The van der Waals surface area contributed by atoms with Gasteiger partial charge in [-0.25, -0.2) is 14.4 Å². The van der Waals surface area contributed by atoms with Crippen LogP contribution in [-0.2, 0) is 24.2 Å². The third-order valence-electron chi connectivity index (χ3n) is 5.70. The van der Waals surface area contributed by atoms with E-state index in [0.717, 1.165) is 16.9 Å². The normalized spacial score (nSPS) is 11.6. The maximum atomic E-state index is 14.2. The summed E-state index contributed by atoms with van der Waals surface area (Å²) in [6.07, 6.45) is 3.23. The van der Waals surface area contributed by atoms with Gasteiger partial charge in [-0.3, -0.25) is 9.20 Å². The summed E-state index contributed by atoms with van der Waals surface area (Å²) in [4.78, 5) is 21.9. The number of aryl methyl sites for hydroxylation is 3. The molecule has 0 amide bonds. The van der Waals surface area contributed by atoms with Crippen LogP contribution >= 0.6 is 0 Å². The lowest BCUT2D eigenvalue weighted by molar-refractivity contribution is -0.133. The third kappa shape index (κ3) is 3.30. The van der Waals surface area contributed by atoms with E-state index in [1.165, 1.54) is 6.07 Å². The molecule has 0 radical (unpaired) electrons. The number of para-hydroxylation sites is 2. The van der Waals surface area contributed by atoms with Crippen molar-refractivity contribution in [1.82, 2.24) is 18.9 Å². The highest BCUT2D eigenvalue weighted by Crippen LogP contribution is 2.34. The van der Waals surface area contributed by atoms with E-state index < -0.39 is 0 Å². The first-order chi connectivity index (χ1) is 15.6. The minimum absolute atomic E-state index is 0.231. The number of carbonyl (C=O) groups excluding carboxylic acids is 1. The molecule has 0 saturated heterocycles. The number of carbonyl (C=O) groups is 1. The van der Waals surface area contributed by atoms with Crippen LogP contribution in [0.3, 0.4) is 0 Å². The number of nitrogens with zero attached hydrogens (tertiary/aromatic N) is 4. The number of esters is 1. The quantitative estimate of drug-likeness (QED) is 0.352. The largest absolute Gasteiger partial charge is 0.424 e. The maximum Gasteiger partial charge on any atom is 0.310 e. The van der Waals surface area contributed by atoms with Crippen molar-refractivity contribution in [3.63, 3.8) is 0 Å². The molecule has 0 aliphatic heterocycles. The molecule has 7 heteroatoms. The number of aromatic nitrogens is 4. The number of ether oxygens (including phenoxy) is 1. The average molecular weight is 430 g/mol. The van der Waals surface area contributed by atoms with E-state index in [0.29, 0.717) is 47.4 Å². The highest BCUT2D eigenvalue weighted by molar-refractivity contribution is 6.00. The highest BCUT2D eigenvalue weighted by Gasteiger charge is 2.21. The van der Waals surface area contributed by atoms with Crippen molar-refractivity contribution in [1.29, 1.82) is 0 Å². The van der Waals surface area contributed by atoms with Crippen molar-refractivity contribution in [2.24, 2.45) is 0 Å². The first-order valence-electron chi connectivity index (χ1n) is 10.8. The van der Waals surface area contributed by atoms with Gasteiger partial charge in [0.2, 0.25) is 0 Å². The number of hydrogen-bond donors (Lipinski definition) is 0. The van der Waals surface area contributed by atoms with Crippen LogP contribution in [0.1, 0.15) is 31.7 Å². The fraction of sp³-hybridized carbons (Fsp3) is 0.240. The zero-order chi connectivity index (χ0) is 22.2. The fourth-order valence-electron chi connectivity index (χ4n) is 4.10. The Hall–Kier alpha value is -3.74. The van der Waals surface area contributed by atoms with Gasteiger partial charge in [0.25, 0.3) is 0 Å². The molecule has 0 N–H and O–H groups in total. The van der Waals surface area contributed by atoms with Gasteiger partial charge in [-0.15, -0.1) is 0 Å². The Morgan fingerprint density at radius 3 is 2.59 bits per heavy atom. The highest BCUT2D eigenvalue weighted by atomic mass is 19.1. The van der Waals surface area contributed by atoms with Crippen LogP contribution in [0.4, 0.5) is 4.39 Å². The SMILES string of the molecule is CCC(=O)Oc1cn(CCc2ccccc2F)c2nc(CC)n3c4ccccc4nc3c12. The first-order valence-corrected chi connectivity index (χ1v) is 10.8. The summed E-state index contributed by atoms with van der Waals surface area (Å²) < 4.78 is 23.8. The standard InChI is InChI=1S/C25H23FN4O2/c1-3-21-28-24-23(25-27-18-11-7-8-12-19(18)30(21)25)20(32-22(31)4-2)15-29(24)14-13-16-9-5-6-10-17(16)26/h5-12,15H,3-4,13-14H2,1-2H3. The molecular weight excluding hydrogens is 407 g/mol. The van der Waals surface area contributed by atoms with Crippen molar-refractivity contribution in [2.45, 2.75) is 39.7 Å². The van der Waals surface area contributed by atoms with Gasteiger partial charge in [-0.1, -0.05) is 44.2 Å².